The van der Waals surface area contributed by atoms with Crippen molar-refractivity contribution < 1.29 is 45.4 Å². The van der Waals surface area contributed by atoms with Gasteiger partial charge in [0.05, 0.1) is 17.7 Å². The van der Waals surface area contributed by atoms with Crippen LogP contribution in [0.5, 0.6) is 0 Å². The third kappa shape index (κ3) is 6.19. The molecule has 0 bridgehead atoms. The van der Waals surface area contributed by atoms with Gasteiger partial charge in [0.2, 0.25) is 0 Å². The van der Waals surface area contributed by atoms with Crippen LogP contribution in [-0.4, -0.2) is 38.9 Å². The summed E-state index contributed by atoms with van der Waals surface area (Å²) >= 11 is 0. The van der Waals surface area contributed by atoms with E-state index in [1.54, 1.807) is 5.32 Å². The smallest absolute Gasteiger partial charge is 0.354 e. The first-order valence-electron chi connectivity index (χ1n) is 6.82. The number of methoxy groups -OCH3 is 2. The number of hydrogen-bond donors (Lipinski definition) is 2. The fraction of sp³-hybridized carbons (Fsp3) is 0.429. The Morgan fingerprint density at radius 3 is 1.77 bits per heavy atom. The quantitative estimate of drug-likeness (QED) is 0.462. The Hall–Kier alpha value is -2.34. The molecule has 0 aromatic heterocycles. The molecule has 0 aliphatic rings. The highest BCUT2D eigenvalue weighted by molar-refractivity contribution is 6.39. The van der Waals surface area contributed by atoms with E-state index in [1.807, 2.05) is 5.32 Å². The molecule has 2 N–H and O–H groups in total. The summed E-state index contributed by atoms with van der Waals surface area (Å²) in [5, 5.41) is 3.74. The van der Waals surface area contributed by atoms with Crippen molar-refractivity contribution in [1.82, 2.24) is 5.32 Å². The topological polar surface area (TPSA) is 76.7 Å². The molecule has 0 aliphatic heterocycles. The minimum absolute atomic E-state index is 0.0997. The van der Waals surface area contributed by atoms with E-state index in [-0.39, 0.29) is 24.7 Å². The summed E-state index contributed by atoms with van der Waals surface area (Å²) in [6.45, 7) is -0.268. The molecule has 0 radical (unpaired) electrons. The van der Waals surface area contributed by atoms with E-state index >= 15 is 0 Å². The Labute approximate surface area is 143 Å². The van der Waals surface area contributed by atoms with Crippen LogP contribution in [0.25, 0.3) is 0 Å². The second-order valence-electron chi connectivity index (χ2n) is 4.86. The van der Waals surface area contributed by atoms with Crippen molar-refractivity contribution >= 4 is 17.5 Å². The van der Waals surface area contributed by atoms with Gasteiger partial charge in [-0.05, 0) is 18.2 Å². The molecule has 0 atom stereocenters. The first-order chi connectivity index (χ1) is 11.9. The molecule has 1 rings (SSSR count). The highest BCUT2D eigenvalue weighted by Gasteiger charge is 2.37. The number of rotatable bonds is 5. The van der Waals surface area contributed by atoms with Gasteiger partial charge in [-0.15, -0.1) is 0 Å². The fourth-order valence-electron chi connectivity index (χ4n) is 1.73. The maximum absolute atomic E-state index is 12.7. The van der Waals surface area contributed by atoms with Crippen molar-refractivity contribution in [2.45, 2.75) is 18.6 Å². The summed E-state index contributed by atoms with van der Waals surface area (Å²) < 4.78 is 85.9. The van der Waals surface area contributed by atoms with Crippen LogP contribution in [0, 0.1) is 0 Å². The number of amides is 2. The Morgan fingerprint density at radius 1 is 0.923 bits per heavy atom. The number of hydrogen-bond acceptors (Lipinski definition) is 4. The van der Waals surface area contributed by atoms with Crippen molar-refractivity contribution in [3.05, 3.63) is 29.3 Å². The average Bonchev–Trinajstić information content (AvgIpc) is 2.53. The zero-order valence-electron chi connectivity index (χ0n) is 13.4. The summed E-state index contributed by atoms with van der Waals surface area (Å²) in [5.41, 5.74) is -4.08. The molecule has 0 unspecified atom stereocenters. The minimum Gasteiger partial charge on any atom is -0.354 e. The van der Waals surface area contributed by atoms with Gasteiger partial charge in [0.1, 0.15) is 0 Å². The van der Waals surface area contributed by atoms with Gasteiger partial charge in [-0.3, -0.25) is 9.59 Å². The molecule has 0 saturated carbocycles. The molecule has 0 heterocycles. The molecule has 0 aliphatic carbocycles. The van der Waals surface area contributed by atoms with Gasteiger partial charge in [0.15, 0.2) is 6.29 Å². The number of carbonyl (C=O) groups excluding carboxylic acids is 2. The van der Waals surface area contributed by atoms with Gasteiger partial charge < -0.3 is 20.1 Å². The van der Waals surface area contributed by atoms with E-state index in [0.717, 1.165) is 0 Å². The molecule has 0 spiro atoms. The maximum atomic E-state index is 12.7. The lowest BCUT2D eigenvalue weighted by atomic mass is 10.1. The van der Waals surface area contributed by atoms with Crippen molar-refractivity contribution in [2.24, 2.45) is 0 Å². The van der Waals surface area contributed by atoms with E-state index < -0.39 is 47.3 Å². The average molecular weight is 388 g/mol. The van der Waals surface area contributed by atoms with E-state index in [1.165, 1.54) is 14.2 Å². The monoisotopic (exact) mass is 388 g/mol. The molecule has 146 valence electrons. The van der Waals surface area contributed by atoms with Crippen LogP contribution in [0.4, 0.5) is 32.0 Å². The van der Waals surface area contributed by atoms with Crippen LogP contribution in [-0.2, 0) is 31.4 Å². The van der Waals surface area contributed by atoms with Gasteiger partial charge in [0, 0.05) is 19.9 Å². The first-order valence-corrected chi connectivity index (χ1v) is 6.82. The van der Waals surface area contributed by atoms with Crippen molar-refractivity contribution in [3.63, 3.8) is 0 Å². The lowest BCUT2D eigenvalue weighted by Crippen LogP contribution is -2.40. The van der Waals surface area contributed by atoms with Gasteiger partial charge in [-0.25, -0.2) is 0 Å². The highest BCUT2D eigenvalue weighted by Crippen LogP contribution is 2.37. The largest absolute Gasteiger partial charge is 0.416 e. The van der Waals surface area contributed by atoms with Crippen LogP contribution in [0.1, 0.15) is 11.1 Å². The predicted octanol–water partition coefficient (Wildman–Crippen LogP) is 2.40. The Bertz CT molecular complexity index is 624. The Morgan fingerprint density at radius 2 is 1.38 bits per heavy atom. The number of alkyl halides is 6. The molecule has 26 heavy (non-hydrogen) atoms. The number of carbonyl (C=O) groups is 2. The lowest BCUT2D eigenvalue weighted by molar-refractivity contribution is -0.143. The fourth-order valence-corrected chi connectivity index (χ4v) is 1.73. The number of halogens is 6. The van der Waals surface area contributed by atoms with Crippen molar-refractivity contribution in [3.8, 4) is 0 Å². The number of nitrogens with one attached hydrogen (secondary N) is 2. The van der Waals surface area contributed by atoms with Crippen molar-refractivity contribution in [1.29, 1.82) is 0 Å². The SMILES string of the molecule is COC(CNC(=O)C(=O)Nc1cc(C(F)(F)F)cc(C(F)(F)F)c1)OC. The van der Waals surface area contributed by atoms with E-state index in [2.05, 4.69) is 0 Å². The standard InChI is InChI=1S/C14H14F6N2O4/c1-25-10(26-2)6-21-11(23)12(24)22-9-4-7(13(15,16)17)3-8(5-9)14(18,19)20/h3-5,10H,6H2,1-2H3,(H,21,23)(H,22,24). The van der Waals surface area contributed by atoms with Crippen molar-refractivity contribution in [2.75, 3.05) is 26.1 Å². The third-order valence-corrected chi connectivity index (χ3v) is 3.01. The summed E-state index contributed by atoms with van der Waals surface area (Å²) in [6.07, 6.45) is -11.0. The molecule has 2 amide bonds. The minimum atomic E-state index is -5.08. The highest BCUT2D eigenvalue weighted by atomic mass is 19.4. The molecule has 0 fully saturated rings. The van der Waals surface area contributed by atoms with Crippen LogP contribution in [0.15, 0.2) is 18.2 Å². The molecule has 1 aromatic carbocycles. The molecule has 0 saturated heterocycles. The zero-order valence-corrected chi connectivity index (χ0v) is 13.4. The third-order valence-electron chi connectivity index (χ3n) is 3.01. The Balaban J connectivity index is 2.97. The lowest BCUT2D eigenvalue weighted by Gasteiger charge is -2.15. The molecular formula is C14H14F6N2O4. The predicted molar refractivity (Wildman–Crippen MR) is 75.9 cm³/mol. The van der Waals surface area contributed by atoms with Crippen LogP contribution < -0.4 is 10.6 Å². The normalized spacial score (nSPS) is 12.2. The second-order valence-corrected chi connectivity index (χ2v) is 4.86. The number of ether oxygens (including phenoxy) is 2. The van der Waals surface area contributed by atoms with Crippen LogP contribution >= 0.6 is 0 Å². The van der Waals surface area contributed by atoms with Gasteiger partial charge >= 0.3 is 24.2 Å². The molecular weight excluding hydrogens is 374 g/mol. The summed E-state index contributed by atoms with van der Waals surface area (Å²) in [5.74, 6) is -2.75. The summed E-state index contributed by atoms with van der Waals surface area (Å²) in [7, 11) is 2.50. The van der Waals surface area contributed by atoms with E-state index in [4.69, 9.17) is 9.47 Å². The van der Waals surface area contributed by atoms with Crippen LogP contribution in [0.3, 0.4) is 0 Å². The summed E-state index contributed by atoms with van der Waals surface area (Å²) in [6, 6.07) is 0.471. The molecule has 1 aromatic rings. The first kappa shape index (κ1) is 21.7. The second kappa shape index (κ2) is 8.36. The van der Waals surface area contributed by atoms with Gasteiger partial charge in [-0.1, -0.05) is 0 Å². The zero-order chi connectivity index (χ0) is 20.1. The van der Waals surface area contributed by atoms with E-state index in [0.29, 0.717) is 0 Å². The van der Waals surface area contributed by atoms with Gasteiger partial charge in [0.25, 0.3) is 0 Å². The number of benzene rings is 1. The molecule has 12 heteroatoms. The number of anilines is 1. The van der Waals surface area contributed by atoms with Crippen LogP contribution in [0.2, 0.25) is 0 Å². The van der Waals surface area contributed by atoms with Gasteiger partial charge in [-0.2, -0.15) is 26.3 Å². The maximum Gasteiger partial charge on any atom is 0.416 e. The van der Waals surface area contributed by atoms with E-state index in [9.17, 15) is 35.9 Å². The molecule has 6 nitrogen and oxygen atoms in total. The summed E-state index contributed by atoms with van der Waals surface area (Å²) in [4.78, 5) is 23.2. The Kier molecular flexibility index (Phi) is 6.98.